The van der Waals surface area contributed by atoms with Gasteiger partial charge in [-0.3, -0.25) is 4.90 Å². The summed E-state index contributed by atoms with van der Waals surface area (Å²) in [5, 5.41) is 3.70. The maximum absolute atomic E-state index is 4.80. The van der Waals surface area contributed by atoms with Gasteiger partial charge in [0.05, 0.1) is 16.5 Å². The first-order valence-corrected chi connectivity index (χ1v) is 13.0. The van der Waals surface area contributed by atoms with E-state index in [0.717, 1.165) is 84.9 Å². The number of anilines is 2. The molecule has 9 nitrogen and oxygen atoms in total. The average molecular weight is 536 g/mol. The van der Waals surface area contributed by atoms with E-state index in [-0.39, 0.29) is 0 Å². The van der Waals surface area contributed by atoms with Crippen LogP contribution in [0.5, 0.6) is 0 Å². The molecule has 3 aromatic heterocycles. The van der Waals surface area contributed by atoms with Crippen molar-refractivity contribution >= 4 is 38.5 Å². The molecule has 4 aromatic rings. The van der Waals surface area contributed by atoms with Gasteiger partial charge in [0, 0.05) is 74.6 Å². The first-order chi connectivity index (χ1) is 17.1. The van der Waals surface area contributed by atoms with Crippen LogP contribution in [0.1, 0.15) is 12.1 Å². The monoisotopic (exact) mass is 535 g/mol. The highest BCUT2D eigenvalue weighted by Gasteiger charge is 2.22. The Morgan fingerprint density at radius 1 is 1.09 bits per heavy atom. The van der Waals surface area contributed by atoms with Crippen LogP contribution in [0.15, 0.2) is 47.5 Å². The van der Waals surface area contributed by atoms with Crippen molar-refractivity contribution in [2.75, 3.05) is 56.5 Å². The van der Waals surface area contributed by atoms with Gasteiger partial charge in [0.25, 0.3) is 0 Å². The van der Waals surface area contributed by atoms with E-state index in [2.05, 4.69) is 87.2 Å². The standard InChI is InChI=1S/C25H30BrN9/c1-33-7-6-18(14-33)30-22-21(26)13-28-25-23(22)31-24(32-25)17-2-4-20(5-3-17)35-10-8-34(9-11-35)15-19-12-27-16-29-19/h2-5,12-13,16,18H,6-11,14-15H2,1H3,(H,27,29)(H2,28,30,31,32)/t18-/m0/s1. The summed E-state index contributed by atoms with van der Waals surface area (Å²) >= 11 is 3.68. The molecule has 0 amide bonds. The summed E-state index contributed by atoms with van der Waals surface area (Å²) in [4.78, 5) is 27.4. The third-order valence-electron chi connectivity index (χ3n) is 7.04. The largest absolute Gasteiger partial charge is 0.378 e. The first kappa shape index (κ1) is 22.5. The third kappa shape index (κ3) is 4.78. The van der Waals surface area contributed by atoms with Crippen molar-refractivity contribution in [3.05, 3.63) is 53.2 Å². The van der Waals surface area contributed by atoms with E-state index in [1.54, 1.807) is 6.33 Å². The molecule has 10 heteroatoms. The molecule has 1 atom stereocenters. The number of H-pyrrole nitrogens is 2. The van der Waals surface area contributed by atoms with E-state index in [1.807, 2.05) is 12.4 Å². The summed E-state index contributed by atoms with van der Waals surface area (Å²) < 4.78 is 0.955. The van der Waals surface area contributed by atoms with E-state index in [0.29, 0.717) is 6.04 Å². The fourth-order valence-electron chi connectivity index (χ4n) is 5.07. The molecule has 1 aromatic carbocycles. The Bertz CT molecular complexity index is 1280. The molecule has 2 fully saturated rings. The maximum atomic E-state index is 4.80. The molecule has 6 rings (SSSR count). The van der Waals surface area contributed by atoms with E-state index in [9.17, 15) is 0 Å². The molecule has 35 heavy (non-hydrogen) atoms. The number of fused-ring (bicyclic) bond motifs is 1. The molecule has 0 aliphatic carbocycles. The van der Waals surface area contributed by atoms with Crippen LogP contribution in [-0.4, -0.2) is 87.1 Å². The van der Waals surface area contributed by atoms with Crippen LogP contribution in [0.25, 0.3) is 22.6 Å². The summed E-state index contributed by atoms with van der Waals surface area (Å²) in [7, 11) is 2.16. The second-order valence-electron chi connectivity index (χ2n) is 9.54. The molecule has 2 saturated heterocycles. The van der Waals surface area contributed by atoms with Crippen molar-refractivity contribution in [2.45, 2.75) is 19.0 Å². The number of aromatic amines is 2. The summed E-state index contributed by atoms with van der Waals surface area (Å²) in [5.74, 6) is 0.841. The lowest BCUT2D eigenvalue weighted by Gasteiger charge is -2.35. The van der Waals surface area contributed by atoms with Crippen LogP contribution in [0.4, 0.5) is 11.4 Å². The number of halogens is 1. The van der Waals surface area contributed by atoms with Gasteiger partial charge in [-0.15, -0.1) is 0 Å². The first-order valence-electron chi connectivity index (χ1n) is 12.2. The normalized spacial score (nSPS) is 19.6. The molecule has 0 radical (unpaired) electrons. The van der Waals surface area contributed by atoms with Crippen LogP contribution >= 0.6 is 15.9 Å². The van der Waals surface area contributed by atoms with Gasteiger partial charge in [-0.1, -0.05) is 0 Å². The Labute approximate surface area is 213 Å². The third-order valence-corrected chi connectivity index (χ3v) is 7.64. The molecule has 0 bridgehead atoms. The number of rotatable bonds is 6. The summed E-state index contributed by atoms with van der Waals surface area (Å²) in [5.41, 5.74) is 6.20. The number of imidazole rings is 2. The zero-order valence-electron chi connectivity index (χ0n) is 19.8. The quantitative estimate of drug-likeness (QED) is 0.347. The number of aromatic nitrogens is 5. The van der Waals surface area contributed by atoms with Crippen LogP contribution in [0.3, 0.4) is 0 Å². The minimum Gasteiger partial charge on any atom is -0.378 e. The average Bonchev–Trinajstić information content (AvgIpc) is 3.63. The predicted octanol–water partition coefficient (Wildman–Crippen LogP) is 3.55. The number of piperazine rings is 1. The molecule has 5 heterocycles. The van der Waals surface area contributed by atoms with Gasteiger partial charge in [0.15, 0.2) is 5.65 Å². The number of likely N-dealkylation sites (tertiary alicyclic amines) is 1. The minimum absolute atomic E-state index is 0.424. The Morgan fingerprint density at radius 3 is 2.63 bits per heavy atom. The molecule has 0 unspecified atom stereocenters. The number of benzene rings is 1. The molecule has 2 aliphatic heterocycles. The zero-order valence-corrected chi connectivity index (χ0v) is 21.4. The Hall–Kier alpha value is -2.95. The molecule has 3 N–H and O–H groups in total. The Morgan fingerprint density at radius 2 is 1.91 bits per heavy atom. The van der Waals surface area contributed by atoms with Gasteiger partial charge < -0.3 is 25.1 Å². The van der Waals surface area contributed by atoms with E-state index in [4.69, 9.17) is 4.98 Å². The second-order valence-corrected chi connectivity index (χ2v) is 10.4. The van der Waals surface area contributed by atoms with Crippen molar-refractivity contribution in [3.63, 3.8) is 0 Å². The summed E-state index contributed by atoms with van der Waals surface area (Å²) in [6.07, 6.45) is 6.62. The van der Waals surface area contributed by atoms with Crippen molar-refractivity contribution in [1.29, 1.82) is 0 Å². The van der Waals surface area contributed by atoms with E-state index in [1.165, 1.54) is 11.4 Å². The van der Waals surface area contributed by atoms with Gasteiger partial charge >= 0.3 is 0 Å². The lowest BCUT2D eigenvalue weighted by molar-refractivity contribution is 0.247. The van der Waals surface area contributed by atoms with E-state index >= 15 is 0 Å². The number of nitrogens with zero attached hydrogens (tertiary/aromatic N) is 6. The second kappa shape index (κ2) is 9.60. The Balaban J connectivity index is 1.15. The minimum atomic E-state index is 0.424. The molecule has 2 aliphatic rings. The highest BCUT2D eigenvalue weighted by Crippen LogP contribution is 2.32. The van der Waals surface area contributed by atoms with Gasteiger partial charge in [0.1, 0.15) is 11.3 Å². The number of hydrogen-bond donors (Lipinski definition) is 3. The zero-order chi connectivity index (χ0) is 23.8. The highest BCUT2D eigenvalue weighted by molar-refractivity contribution is 9.10. The number of nitrogens with one attached hydrogen (secondary N) is 3. The van der Waals surface area contributed by atoms with Crippen molar-refractivity contribution in [1.82, 2.24) is 34.7 Å². The number of likely N-dealkylation sites (N-methyl/N-ethyl adjacent to an activating group) is 1. The number of pyridine rings is 1. The van der Waals surface area contributed by atoms with Gasteiger partial charge in [0.2, 0.25) is 0 Å². The summed E-state index contributed by atoms with van der Waals surface area (Å²) in [6, 6.07) is 9.12. The fraction of sp³-hybridized carbons (Fsp3) is 0.400. The van der Waals surface area contributed by atoms with Crippen molar-refractivity contribution < 1.29 is 0 Å². The molecular weight excluding hydrogens is 506 g/mol. The van der Waals surface area contributed by atoms with E-state index < -0.39 is 0 Å². The van der Waals surface area contributed by atoms with Crippen molar-refractivity contribution in [2.24, 2.45) is 0 Å². The SMILES string of the molecule is CN1CC[C@H](Nc2c(Br)cnc3nc(-c4ccc(N5CCN(Cc6cnc[nH]6)CC5)cc4)[nH]c23)C1. The van der Waals surface area contributed by atoms with Crippen LogP contribution in [0, 0.1) is 0 Å². The van der Waals surface area contributed by atoms with Gasteiger partial charge in [-0.2, -0.15) is 0 Å². The van der Waals surface area contributed by atoms with Crippen LogP contribution in [0.2, 0.25) is 0 Å². The predicted molar refractivity (Wildman–Crippen MR) is 143 cm³/mol. The van der Waals surface area contributed by atoms with Gasteiger partial charge in [-0.05, 0) is 60.2 Å². The van der Waals surface area contributed by atoms with Crippen LogP contribution in [-0.2, 0) is 6.54 Å². The molecule has 0 saturated carbocycles. The summed E-state index contributed by atoms with van der Waals surface area (Å²) in [6.45, 7) is 7.19. The highest BCUT2D eigenvalue weighted by atomic mass is 79.9. The molecule has 182 valence electrons. The lowest BCUT2D eigenvalue weighted by atomic mass is 10.1. The molecular formula is C25H30BrN9. The van der Waals surface area contributed by atoms with Gasteiger partial charge in [-0.25, -0.2) is 15.0 Å². The maximum Gasteiger partial charge on any atom is 0.180 e. The van der Waals surface area contributed by atoms with Crippen LogP contribution < -0.4 is 10.2 Å². The molecule has 0 spiro atoms. The smallest absolute Gasteiger partial charge is 0.180 e. The topological polar surface area (TPSA) is 92.0 Å². The lowest BCUT2D eigenvalue weighted by Crippen LogP contribution is -2.46. The Kier molecular flexibility index (Phi) is 6.17. The van der Waals surface area contributed by atoms with Crippen molar-refractivity contribution in [3.8, 4) is 11.4 Å². The number of hydrogen-bond acceptors (Lipinski definition) is 7. The fourth-order valence-corrected chi connectivity index (χ4v) is 5.49.